The summed E-state index contributed by atoms with van der Waals surface area (Å²) < 4.78 is 50.3. The maximum Gasteiger partial charge on any atom is 0.417 e. The summed E-state index contributed by atoms with van der Waals surface area (Å²) in [5, 5.41) is 2.36. The number of carbonyl (C=O) groups excluding carboxylic acids is 2. The van der Waals surface area contributed by atoms with Crippen LogP contribution in [0.5, 0.6) is 0 Å². The molecule has 1 fully saturated rings. The second-order valence-corrected chi connectivity index (χ2v) is 8.08. The van der Waals surface area contributed by atoms with Crippen LogP contribution in [0.4, 0.5) is 18.0 Å². The second kappa shape index (κ2) is 8.54. The minimum atomic E-state index is -4.63. The summed E-state index contributed by atoms with van der Waals surface area (Å²) >= 11 is 5.76. The first-order valence-electron chi connectivity index (χ1n) is 9.97. The highest BCUT2D eigenvalue weighted by molar-refractivity contribution is 6.31. The molecule has 1 aromatic heterocycles. The Morgan fingerprint density at radius 2 is 2.06 bits per heavy atom. The Morgan fingerprint density at radius 1 is 1.28 bits per heavy atom. The lowest BCUT2D eigenvalue weighted by Gasteiger charge is -2.37. The largest absolute Gasteiger partial charge is 0.467 e. The molecule has 0 spiro atoms. The van der Waals surface area contributed by atoms with Crippen LogP contribution < -0.4 is 5.32 Å². The molecule has 3 heterocycles. The average Bonchev–Trinajstić information content (AvgIpc) is 3.38. The Balaban J connectivity index is 1.69. The molecule has 32 heavy (non-hydrogen) atoms. The molecule has 2 bridgehead atoms. The van der Waals surface area contributed by atoms with Gasteiger partial charge in [0.25, 0.3) is 0 Å². The van der Waals surface area contributed by atoms with Crippen molar-refractivity contribution in [2.75, 3.05) is 7.11 Å². The number of esters is 1. The number of fused-ring (bicyclic) bond motifs is 2. The van der Waals surface area contributed by atoms with Crippen LogP contribution in [0.3, 0.4) is 0 Å². The predicted molar refractivity (Wildman–Crippen MR) is 110 cm³/mol. The molecular formula is C22H20ClF3N2O4. The van der Waals surface area contributed by atoms with E-state index >= 15 is 0 Å². The first-order chi connectivity index (χ1) is 15.2. The number of nitrogens with one attached hydrogen (secondary N) is 1. The minimum Gasteiger partial charge on any atom is -0.467 e. The third-order valence-electron chi connectivity index (χ3n) is 5.85. The van der Waals surface area contributed by atoms with Gasteiger partial charge < -0.3 is 19.4 Å². The molecule has 10 heteroatoms. The maximum absolute atomic E-state index is 13.4. The third-order valence-corrected chi connectivity index (χ3v) is 6.18. The summed E-state index contributed by atoms with van der Waals surface area (Å²) in [4.78, 5) is 27.2. The van der Waals surface area contributed by atoms with E-state index < -0.39 is 28.8 Å². The number of carbonyl (C=O) groups is 2. The maximum atomic E-state index is 13.4. The first kappa shape index (κ1) is 22.3. The van der Waals surface area contributed by atoms with Crippen molar-refractivity contribution in [1.29, 1.82) is 0 Å². The summed E-state index contributed by atoms with van der Waals surface area (Å²) in [6.07, 6.45) is -1.79. The number of alkyl halides is 3. The zero-order chi connectivity index (χ0) is 23.0. The molecule has 1 aromatic carbocycles. The van der Waals surface area contributed by atoms with E-state index in [4.69, 9.17) is 20.8 Å². The van der Waals surface area contributed by atoms with Gasteiger partial charge in [-0.25, -0.2) is 9.59 Å². The van der Waals surface area contributed by atoms with Gasteiger partial charge in [-0.2, -0.15) is 13.2 Å². The highest BCUT2D eigenvalue weighted by Crippen LogP contribution is 2.45. The SMILES string of the molecule is COC(=O)C1=C(c2ccc(Cl)c(C(F)(F)F)c2)C[C@@H]2CC[C@H]1N2C(=O)NCc1ccco1. The fourth-order valence-corrected chi connectivity index (χ4v) is 4.69. The quantitative estimate of drug-likeness (QED) is 0.639. The molecule has 2 aliphatic rings. The number of rotatable bonds is 4. The smallest absolute Gasteiger partial charge is 0.417 e. The van der Waals surface area contributed by atoms with Crippen LogP contribution >= 0.6 is 11.6 Å². The van der Waals surface area contributed by atoms with E-state index in [1.54, 1.807) is 17.0 Å². The number of hydrogen-bond donors (Lipinski definition) is 1. The van der Waals surface area contributed by atoms with Crippen LogP contribution in [0.2, 0.25) is 5.02 Å². The van der Waals surface area contributed by atoms with E-state index in [2.05, 4.69) is 5.32 Å². The summed E-state index contributed by atoms with van der Waals surface area (Å²) in [6, 6.07) is 5.78. The van der Waals surface area contributed by atoms with Crippen molar-refractivity contribution in [3.8, 4) is 0 Å². The third kappa shape index (κ3) is 4.09. The molecule has 170 valence electrons. The minimum absolute atomic E-state index is 0.179. The van der Waals surface area contributed by atoms with Gasteiger partial charge >= 0.3 is 18.2 Å². The van der Waals surface area contributed by atoms with Gasteiger partial charge in [-0.1, -0.05) is 17.7 Å². The lowest BCUT2D eigenvalue weighted by Crippen LogP contribution is -2.50. The topological polar surface area (TPSA) is 71.8 Å². The number of amides is 2. The summed E-state index contributed by atoms with van der Waals surface area (Å²) in [6.45, 7) is 0.179. The van der Waals surface area contributed by atoms with E-state index in [0.717, 1.165) is 6.07 Å². The molecule has 2 atom stereocenters. The van der Waals surface area contributed by atoms with E-state index in [9.17, 15) is 22.8 Å². The van der Waals surface area contributed by atoms with Crippen molar-refractivity contribution < 1.29 is 31.9 Å². The van der Waals surface area contributed by atoms with Crippen molar-refractivity contribution >= 4 is 29.2 Å². The van der Waals surface area contributed by atoms with Gasteiger partial charge in [0.1, 0.15) is 5.76 Å². The number of halogens is 4. The van der Waals surface area contributed by atoms with Crippen LogP contribution in [0.25, 0.3) is 5.57 Å². The zero-order valence-corrected chi connectivity index (χ0v) is 17.8. The van der Waals surface area contributed by atoms with Crippen molar-refractivity contribution in [3.63, 3.8) is 0 Å². The molecule has 4 rings (SSSR count). The summed E-state index contributed by atoms with van der Waals surface area (Å²) in [5.74, 6) is -0.0920. The van der Waals surface area contributed by atoms with Gasteiger partial charge in [0.2, 0.25) is 0 Å². The number of hydrogen-bond acceptors (Lipinski definition) is 4. The molecule has 0 unspecified atom stereocenters. The van der Waals surface area contributed by atoms with Crippen LogP contribution in [-0.4, -0.2) is 36.1 Å². The Hall–Kier alpha value is -2.94. The molecule has 2 amide bonds. The van der Waals surface area contributed by atoms with Crippen molar-refractivity contribution in [3.05, 3.63) is 64.1 Å². The van der Waals surface area contributed by atoms with E-state index in [0.29, 0.717) is 24.2 Å². The number of ether oxygens (including phenoxy) is 1. The Labute approximate surface area is 187 Å². The van der Waals surface area contributed by atoms with Crippen molar-refractivity contribution in [2.45, 2.75) is 44.1 Å². The molecule has 1 N–H and O–H groups in total. The lowest BCUT2D eigenvalue weighted by molar-refractivity contribution is -0.137. The van der Waals surface area contributed by atoms with E-state index in [-0.39, 0.29) is 36.2 Å². The Bertz CT molecular complexity index is 1070. The molecule has 2 aromatic rings. The van der Waals surface area contributed by atoms with Crippen LogP contribution in [0.1, 0.15) is 36.1 Å². The fourth-order valence-electron chi connectivity index (χ4n) is 4.46. The van der Waals surface area contributed by atoms with Gasteiger partial charge in [0.15, 0.2) is 0 Å². The van der Waals surface area contributed by atoms with Gasteiger partial charge in [-0.3, -0.25) is 0 Å². The van der Waals surface area contributed by atoms with Crippen LogP contribution in [-0.2, 0) is 22.3 Å². The van der Waals surface area contributed by atoms with Crippen molar-refractivity contribution in [1.82, 2.24) is 10.2 Å². The Kier molecular flexibility index (Phi) is 5.94. The molecule has 6 nitrogen and oxygen atoms in total. The normalized spacial score (nSPS) is 20.5. The zero-order valence-electron chi connectivity index (χ0n) is 17.0. The molecule has 0 saturated carbocycles. The van der Waals surface area contributed by atoms with Gasteiger partial charge in [-0.15, -0.1) is 0 Å². The predicted octanol–water partition coefficient (Wildman–Crippen LogP) is 5.02. The fraction of sp³-hybridized carbons (Fsp3) is 0.364. The van der Waals surface area contributed by atoms with Gasteiger partial charge in [0, 0.05) is 6.04 Å². The summed E-state index contributed by atoms with van der Waals surface area (Å²) in [7, 11) is 1.21. The molecule has 2 aliphatic heterocycles. The molecular weight excluding hydrogens is 449 g/mol. The van der Waals surface area contributed by atoms with E-state index in [1.807, 2.05) is 0 Å². The van der Waals surface area contributed by atoms with E-state index in [1.165, 1.54) is 25.5 Å². The Morgan fingerprint density at radius 3 is 2.72 bits per heavy atom. The number of nitrogens with zero attached hydrogens (tertiary/aromatic N) is 1. The number of methoxy groups -OCH3 is 1. The molecule has 0 radical (unpaired) electrons. The standard InChI is InChI=1S/C22H20ClF3N2O4/c1-31-20(29)19-15(12-4-6-17(23)16(9-12)22(24,25)26)10-13-5-7-18(19)28(13)21(30)27-11-14-3-2-8-32-14/h2-4,6,8-9,13,18H,5,7,10-11H2,1H3,(H,27,30)/t13-,18+/m0/s1. The molecule has 0 aliphatic carbocycles. The first-order valence-corrected chi connectivity index (χ1v) is 10.4. The molecule has 1 saturated heterocycles. The van der Waals surface area contributed by atoms with Crippen LogP contribution in [0.15, 0.2) is 46.6 Å². The average molecular weight is 469 g/mol. The van der Waals surface area contributed by atoms with Crippen LogP contribution in [0, 0.1) is 0 Å². The van der Waals surface area contributed by atoms with Gasteiger partial charge in [0.05, 0.1) is 42.1 Å². The van der Waals surface area contributed by atoms with Gasteiger partial charge in [-0.05, 0) is 54.7 Å². The highest BCUT2D eigenvalue weighted by Gasteiger charge is 2.47. The highest BCUT2D eigenvalue weighted by atomic mass is 35.5. The lowest BCUT2D eigenvalue weighted by atomic mass is 9.87. The summed E-state index contributed by atoms with van der Waals surface area (Å²) in [5.41, 5.74) is -0.0829. The number of urea groups is 1. The number of furan rings is 1. The monoisotopic (exact) mass is 468 g/mol. The number of benzene rings is 1. The second-order valence-electron chi connectivity index (χ2n) is 7.67. The van der Waals surface area contributed by atoms with Crippen molar-refractivity contribution in [2.24, 2.45) is 0 Å².